The van der Waals surface area contributed by atoms with E-state index in [2.05, 4.69) is 22.0 Å². The normalized spacial score (nSPS) is 15.6. The smallest absolute Gasteiger partial charge is 0.314 e. The van der Waals surface area contributed by atoms with E-state index in [-0.39, 0.29) is 6.03 Å². The lowest BCUT2D eigenvalue weighted by Crippen LogP contribution is -2.38. The van der Waals surface area contributed by atoms with Gasteiger partial charge in [0, 0.05) is 38.9 Å². The maximum atomic E-state index is 11.3. The zero-order chi connectivity index (χ0) is 17.5. The van der Waals surface area contributed by atoms with Gasteiger partial charge < -0.3 is 15.4 Å². The van der Waals surface area contributed by atoms with E-state index in [0.29, 0.717) is 13.2 Å². The minimum Gasteiger partial charge on any atom is -0.487 e. The van der Waals surface area contributed by atoms with Gasteiger partial charge in [0.15, 0.2) is 0 Å². The summed E-state index contributed by atoms with van der Waals surface area (Å²) in [5, 5.41) is 0. The van der Waals surface area contributed by atoms with Crippen molar-refractivity contribution >= 4 is 6.03 Å². The second kappa shape index (κ2) is 8.48. The zero-order valence-corrected chi connectivity index (χ0v) is 14.3. The molecule has 6 heteroatoms. The molecule has 0 saturated carbocycles. The number of pyridine rings is 1. The average Bonchev–Trinajstić information content (AvgIpc) is 2.88. The maximum absolute atomic E-state index is 11.3. The third-order valence-electron chi connectivity index (χ3n) is 4.34. The van der Waals surface area contributed by atoms with Crippen LogP contribution < -0.4 is 10.5 Å². The molecule has 0 unspecified atom stereocenters. The van der Waals surface area contributed by atoms with Gasteiger partial charge >= 0.3 is 6.03 Å². The van der Waals surface area contributed by atoms with E-state index in [9.17, 15) is 4.79 Å². The summed E-state index contributed by atoms with van der Waals surface area (Å²) in [7, 11) is 0. The number of primary amides is 1. The first-order valence-electron chi connectivity index (χ1n) is 8.59. The highest BCUT2D eigenvalue weighted by molar-refractivity contribution is 5.71. The van der Waals surface area contributed by atoms with E-state index in [4.69, 9.17) is 10.5 Å². The number of aromatic nitrogens is 1. The summed E-state index contributed by atoms with van der Waals surface area (Å²) in [5.41, 5.74) is 7.52. The van der Waals surface area contributed by atoms with Gasteiger partial charge in [-0.2, -0.15) is 0 Å². The van der Waals surface area contributed by atoms with Crippen LogP contribution in [0.1, 0.15) is 17.7 Å². The highest BCUT2D eigenvalue weighted by Crippen LogP contribution is 2.16. The number of hydrogen-bond acceptors (Lipinski definition) is 4. The molecule has 0 bridgehead atoms. The second-order valence-corrected chi connectivity index (χ2v) is 6.21. The number of ether oxygens (including phenoxy) is 1. The van der Waals surface area contributed by atoms with Crippen LogP contribution in [0.5, 0.6) is 5.75 Å². The molecule has 2 amide bonds. The quantitative estimate of drug-likeness (QED) is 0.906. The van der Waals surface area contributed by atoms with Gasteiger partial charge in [0.25, 0.3) is 0 Å². The van der Waals surface area contributed by atoms with Crippen LogP contribution in [0.3, 0.4) is 0 Å². The van der Waals surface area contributed by atoms with Crippen molar-refractivity contribution in [3.63, 3.8) is 0 Å². The molecule has 1 saturated heterocycles. The van der Waals surface area contributed by atoms with Crippen molar-refractivity contribution in [2.45, 2.75) is 19.6 Å². The predicted molar refractivity (Wildman–Crippen MR) is 96.1 cm³/mol. The Morgan fingerprint density at radius 2 is 1.92 bits per heavy atom. The fourth-order valence-corrected chi connectivity index (χ4v) is 2.94. The average molecular weight is 340 g/mol. The Labute approximate surface area is 148 Å². The van der Waals surface area contributed by atoms with E-state index in [0.717, 1.165) is 44.0 Å². The monoisotopic (exact) mass is 340 g/mol. The predicted octanol–water partition coefficient (Wildman–Crippen LogP) is 2.25. The van der Waals surface area contributed by atoms with Gasteiger partial charge in [-0.1, -0.05) is 18.2 Å². The summed E-state index contributed by atoms with van der Waals surface area (Å²) in [4.78, 5) is 19.6. The van der Waals surface area contributed by atoms with Crippen molar-refractivity contribution < 1.29 is 9.53 Å². The number of urea groups is 1. The molecule has 6 nitrogen and oxygen atoms in total. The number of rotatable bonds is 5. The maximum Gasteiger partial charge on any atom is 0.314 e. The topological polar surface area (TPSA) is 71.7 Å². The first kappa shape index (κ1) is 17.2. The van der Waals surface area contributed by atoms with Crippen LogP contribution in [0.4, 0.5) is 4.79 Å². The number of hydrogen-bond donors (Lipinski definition) is 1. The van der Waals surface area contributed by atoms with Crippen LogP contribution in [0.2, 0.25) is 0 Å². The molecule has 2 N–H and O–H groups in total. The third-order valence-corrected chi connectivity index (χ3v) is 4.34. The van der Waals surface area contributed by atoms with Crippen molar-refractivity contribution in [1.82, 2.24) is 14.8 Å². The molecule has 2 aromatic rings. The Morgan fingerprint density at radius 1 is 1.08 bits per heavy atom. The second-order valence-electron chi connectivity index (χ2n) is 6.21. The van der Waals surface area contributed by atoms with Crippen molar-refractivity contribution in [1.29, 1.82) is 0 Å². The lowest BCUT2D eigenvalue weighted by Gasteiger charge is -2.21. The number of nitrogens with zero attached hydrogens (tertiary/aromatic N) is 3. The molecule has 1 aliphatic rings. The van der Waals surface area contributed by atoms with E-state index < -0.39 is 0 Å². The summed E-state index contributed by atoms with van der Waals surface area (Å²) in [5.74, 6) is 0.838. The first-order chi connectivity index (χ1) is 12.2. The van der Waals surface area contributed by atoms with E-state index in [1.165, 1.54) is 5.56 Å². The fraction of sp³-hybridized carbons (Fsp3) is 0.368. The number of carbonyl (C=O) groups excluding carboxylic acids is 1. The van der Waals surface area contributed by atoms with Crippen LogP contribution in [-0.2, 0) is 13.2 Å². The van der Waals surface area contributed by atoms with E-state index >= 15 is 0 Å². The van der Waals surface area contributed by atoms with Crippen LogP contribution >= 0.6 is 0 Å². The highest BCUT2D eigenvalue weighted by atomic mass is 16.5. The first-order valence-corrected chi connectivity index (χ1v) is 8.59. The third kappa shape index (κ3) is 5.19. The van der Waals surface area contributed by atoms with Gasteiger partial charge in [0.1, 0.15) is 12.4 Å². The Bertz CT molecular complexity index is 676. The molecular formula is C19H24N4O2. The van der Waals surface area contributed by atoms with Gasteiger partial charge in [-0.3, -0.25) is 9.88 Å². The molecule has 0 spiro atoms. The van der Waals surface area contributed by atoms with Crippen molar-refractivity contribution in [2.75, 3.05) is 26.2 Å². The molecule has 0 aliphatic carbocycles. The van der Waals surface area contributed by atoms with Crippen LogP contribution in [-0.4, -0.2) is 47.0 Å². The molecule has 1 fully saturated rings. The summed E-state index contributed by atoms with van der Waals surface area (Å²) < 4.78 is 5.76. The van der Waals surface area contributed by atoms with Gasteiger partial charge in [-0.05, 0) is 36.2 Å². The largest absolute Gasteiger partial charge is 0.487 e. The zero-order valence-electron chi connectivity index (χ0n) is 14.3. The molecule has 25 heavy (non-hydrogen) atoms. The minimum atomic E-state index is -0.323. The molecule has 2 heterocycles. The summed E-state index contributed by atoms with van der Waals surface area (Å²) in [6, 6.07) is 13.6. The fourth-order valence-electron chi connectivity index (χ4n) is 2.94. The molecule has 1 aliphatic heterocycles. The standard InChI is InChI=1S/C19H24N4O2/c20-19(24)23-11-3-10-22(12-13-23)14-16-5-7-18(8-6-16)25-15-17-4-1-2-9-21-17/h1-2,4-9H,3,10-15H2,(H2,20,24). The van der Waals surface area contributed by atoms with Crippen LogP contribution in [0.15, 0.2) is 48.7 Å². The van der Waals surface area contributed by atoms with Crippen molar-refractivity contribution in [2.24, 2.45) is 5.73 Å². The highest BCUT2D eigenvalue weighted by Gasteiger charge is 2.17. The minimum absolute atomic E-state index is 0.323. The Morgan fingerprint density at radius 3 is 2.64 bits per heavy atom. The van der Waals surface area contributed by atoms with Crippen molar-refractivity contribution in [3.05, 3.63) is 59.9 Å². The number of benzene rings is 1. The van der Waals surface area contributed by atoms with Gasteiger partial charge in [-0.25, -0.2) is 4.79 Å². The molecule has 1 aromatic carbocycles. The molecular weight excluding hydrogens is 316 g/mol. The lowest BCUT2D eigenvalue weighted by atomic mass is 10.2. The summed E-state index contributed by atoms with van der Waals surface area (Å²) >= 11 is 0. The van der Waals surface area contributed by atoms with E-state index in [1.54, 1.807) is 11.1 Å². The Kier molecular flexibility index (Phi) is 5.85. The molecule has 132 valence electrons. The molecule has 3 rings (SSSR count). The number of nitrogens with two attached hydrogens (primary N) is 1. The van der Waals surface area contributed by atoms with Gasteiger partial charge in [0.2, 0.25) is 0 Å². The summed E-state index contributed by atoms with van der Waals surface area (Å²) in [6.07, 6.45) is 2.72. The van der Waals surface area contributed by atoms with Gasteiger partial charge in [0.05, 0.1) is 5.69 Å². The Hall–Kier alpha value is -2.60. The van der Waals surface area contributed by atoms with E-state index in [1.807, 2.05) is 30.3 Å². The molecule has 1 aromatic heterocycles. The lowest BCUT2D eigenvalue weighted by molar-refractivity contribution is 0.207. The summed E-state index contributed by atoms with van der Waals surface area (Å²) in [6.45, 7) is 4.59. The number of amides is 2. The van der Waals surface area contributed by atoms with Crippen LogP contribution in [0, 0.1) is 0 Å². The SMILES string of the molecule is NC(=O)N1CCCN(Cc2ccc(OCc3ccccn3)cc2)CC1. The van der Waals surface area contributed by atoms with Crippen LogP contribution in [0.25, 0.3) is 0 Å². The number of carbonyl (C=O) groups is 1. The van der Waals surface area contributed by atoms with Crippen molar-refractivity contribution in [3.8, 4) is 5.75 Å². The molecule has 0 radical (unpaired) electrons. The Balaban J connectivity index is 1.49. The van der Waals surface area contributed by atoms with Gasteiger partial charge in [-0.15, -0.1) is 0 Å². The molecule has 0 atom stereocenters.